The standard InChI is InChI=1S/C26H33N9OS2/c27-20-7-5-19(6-8-20)21-18-37-25(28-21)31-38-26(36)35-15-13-33(14-16-35)23-17-22(32-9-1-2-10-32)29-24(30-23)34-11-3-4-12-34/h5-8,17-18H,1-4,9-16,27H2,(H,28,31). The summed E-state index contributed by atoms with van der Waals surface area (Å²) in [6, 6.07) is 9.76. The summed E-state index contributed by atoms with van der Waals surface area (Å²) in [5, 5.41) is 2.69. The van der Waals surface area contributed by atoms with Crippen molar-refractivity contribution in [3.05, 3.63) is 35.7 Å². The van der Waals surface area contributed by atoms with Gasteiger partial charge in [-0.05, 0) is 37.8 Å². The van der Waals surface area contributed by atoms with Gasteiger partial charge in [0.15, 0.2) is 5.13 Å². The predicted molar refractivity (Wildman–Crippen MR) is 157 cm³/mol. The lowest BCUT2D eigenvalue weighted by Gasteiger charge is -2.35. The number of aromatic nitrogens is 3. The van der Waals surface area contributed by atoms with E-state index in [1.54, 1.807) is 0 Å². The molecular weight excluding hydrogens is 518 g/mol. The van der Waals surface area contributed by atoms with Gasteiger partial charge in [-0.15, -0.1) is 11.3 Å². The van der Waals surface area contributed by atoms with Gasteiger partial charge < -0.3 is 25.3 Å². The van der Waals surface area contributed by atoms with E-state index in [1.165, 1.54) is 37.0 Å². The molecule has 0 bridgehead atoms. The van der Waals surface area contributed by atoms with Gasteiger partial charge in [-0.1, -0.05) is 12.1 Å². The number of carbonyl (C=O) groups is 1. The minimum atomic E-state index is 0.00656. The fraction of sp³-hybridized carbons (Fsp3) is 0.462. The summed E-state index contributed by atoms with van der Waals surface area (Å²) in [7, 11) is 0. The first-order chi connectivity index (χ1) is 18.6. The molecule has 0 atom stereocenters. The molecule has 0 radical (unpaired) electrons. The molecular formula is C26H33N9OS2. The third kappa shape index (κ3) is 5.60. The molecule has 10 nitrogen and oxygen atoms in total. The van der Waals surface area contributed by atoms with Crippen molar-refractivity contribution in [2.45, 2.75) is 25.7 Å². The number of hydrogen-bond donors (Lipinski definition) is 2. The van der Waals surface area contributed by atoms with Gasteiger partial charge in [-0.2, -0.15) is 9.97 Å². The Labute approximate surface area is 231 Å². The van der Waals surface area contributed by atoms with Gasteiger partial charge in [0.2, 0.25) is 5.95 Å². The van der Waals surface area contributed by atoms with E-state index < -0.39 is 0 Å². The van der Waals surface area contributed by atoms with Crippen LogP contribution in [-0.4, -0.2) is 77.4 Å². The average molecular weight is 552 g/mol. The van der Waals surface area contributed by atoms with Crippen molar-refractivity contribution in [2.24, 2.45) is 0 Å². The number of benzene rings is 1. The van der Waals surface area contributed by atoms with Gasteiger partial charge in [0.05, 0.1) is 5.69 Å². The number of nitrogen functional groups attached to an aromatic ring is 1. The van der Waals surface area contributed by atoms with E-state index in [4.69, 9.17) is 15.7 Å². The fourth-order valence-electron chi connectivity index (χ4n) is 5.12. The van der Waals surface area contributed by atoms with Crippen LogP contribution < -0.4 is 25.2 Å². The lowest BCUT2D eigenvalue weighted by molar-refractivity contribution is 0.219. The molecule has 6 rings (SSSR count). The zero-order valence-electron chi connectivity index (χ0n) is 21.4. The van der Waals surface area contributed by atoms with E-state index >= 15 is 0 Å². The number of rotatable bonds is 6. The Morgan fingerprint density at radius 2 is 1.42 bits per heavy atom. The highest BCUT2D eigenvalue weighted by molar-refractivity contribution is 8.14. The predicted octanol–water partition coefficient (Wildman–Crippen LogP) is 4.39. The average Bonchev–Trinajstić information content (AvgIpc) is 3.75. The van der Waals surface area contributed by atoms with Crippen molar-refractivity contribution in [1.29, 1.82) is 0 Å². The Bertz CT molecular complexity index is 1210. The van der Waals surface area contributed by atoms with Crippen molar-refractivity contribution in [3.8, 4) is 11.3 Å². The van der Waals surface area contributed by atoms with Crippen LogP contribution in [0.1, 0.15) is 25.7 Å². The molecule has 38 heavy (non-hydrogen) atoms. The number of carbonyl (C=O) groups excluding carboxylic acids is 1. The molecule has 5 heterocycles. The summed E-state index contributed by atoms with van der Waals surface area (Å²) in [5.41, 5.74) is 8.37. The molecule has 1 amide bonds. The number of nitrogens with one attached hydrogen (secondary N) is 1. The Balaban J connectivity index is 1.06. The monoisotopic (exact) mass is 551 g/mol. The molecule has 2 aromatic heterocycles. The maximum absolute atomic E-state index is 12.9. The number of thiazole rings is 1. The van der Waals surface area contributed by atoms with Crippen LogP contribution in [0.5, 0.6) is 0 Å². The highest BCUT2D eigenvalue weighted by Crippen LogP contribution is 2.30. The van der Waals surface area contributed by atoms with Gasteiger partial charge in [0.25, 0.3) is 0 Å². The topological polar surface area (TPSA) is 107 Å². The summed E-state index contributed by atoms with van der Waals surface area (Å²) in [6.07, 6.45) is 4.83. The second kappa shape index (κ2) is 11.2. The first-order valence-electron chi connectivity index (χ1n) is 13.3. The first-order valence-corrected chi connectivity index (χ1v) is 15.0. The second-order valence-electron chi connectivity index (χ2n) is 9.88. The van der Waals surface area contributed by atoms with Crippen LogP contribution in [0.2, 0.25) is 0 Å². The number of amides is 1. The molecule has 3 aliphatic rings. The molecule has 3 aliphatic heterocycles. The van der Waals surface area contributed by atoms with Gasteiger partial charge in [-0.25, -0.2) is 4.98 Å². The summed E-state index contributed by atoms with van der Waals surface area (Å²) < 4.78 is 3.13. The molecule has 3 N–H and O–H groups in total. The van der Waals surface area contributed by atoms with Crippen LogP contribution in [0, 0.1) is 0 Å². The van der Waals surface area contributed by atoms with Crippen LogP contribution in [0.4, 0.5) is 33.2 Å². The minimum Gasteiger partial charge on any atom is -0.399 e. The van der Waals surface area contributed by atoms with E-state index in [0.29, 0.717) is 18.2 Å². The molecule has 0 aliphatic carbocycles. The van der Waals surface area contributed by atoms with Crippen molar-refractivity contribution < 1.29 is 4.79 Å². The van der Waals surface area contributed by atoms with Gasteiger partial charge in [-0.3, -0.25) is 9.52 Å². The highest BCUT2D eigenvalue weighted by Gasteiger charge is 2.26. The maximum atomic E-state index is 12.9. The Morgan fingerprint density at radius 1 is 0.816 bits per heavy atom. The van der Waals surface area contributed by atoms with E-state index in [2.05, 4.69) is 30.5 Å². The van der Waals surface area contributed by atoms with Crippen molar-refractivity contribution >= 4 is 56.9 Å². The van der Waals surface area contributed by atoms with Crippen molar-refractivity contribution in [1.82, 2.24) is 19.9 Å². The Kier molecular flexibility index (Phi) is 7.41. The van der Waals surface area contributed by atoms with Gasteiger partial charge >= 0.3 is 5.24 Å². The molecule has 3 saturated heterocycles. The zero-order chi connectivity index (χ0) is 25.9. The zero-order valence-corrected chi connectivity index (χ0v) is 23.0. The van der Waals surface area contributed by atoms with E-state index in [9.17, 15) is 4.79 Å². The third-order valence-electron chi connectivity index (χ3n) is 7.30. The van der Waals surface area contributed by atoms with E-state index in [1.807, 2.05) is 34.5 Å². The fourth-order valence-corrected chi connectivity index (χ4v) is 6.53. The van der Waals surface area contributed by atoms with Crippen molar-refractivity contribution in [3.63, 3.8) is 0 Å². The molecule has 200 valence electrons. The SMILES string of the molecule is Nc1ccc(-c2csc(NSC(=O)N3CCN(c4cc(N5CCCC5)nc(N5CCCC5)n4)CC3)n2)cc1. The molecule has 1 aromatic carbocycles. The molecule has 3 aromatic rings. The largest absolute Gasteiger partial charge is 0.399 e. The van der Waals surface area contributed by atoms with Gasteiger partial charge in [0, 0.05) is 87.0 Å². The van der Waals surface area contributed by atoms with Crippen LogP contribution in [0.3, 0.4) is 0 Å². The van der Waals surface area contributed by atoms with Crippen molar-refractivity contribution in [2.75, 3.05) is 77.5 Å². The van der Waals surface area contributed by atoms with E-state index in [0.717, 1.165) is 85.7 Å². The molecule has 12 heteroatoms. The normalized spacial score (nSPS) is 17.9. The Morgan fingerprint density at radius 3 is 2.08 bits per heavy atom. The summed E-state index contributed by atoms with van der Waals surface area (Å²) in [5.74, 6) is 2.86. The first kappa shape index (κ1) is 25.1. The van der Waals surface area contributed by atoms with Crippen LogP contribution in [-0.2, 0) is 0 Å². The number of piperazine rings is 1. The quantitative estimate of drug-likeness (QED) is 0.338. The van der Waals surface area contributed by atoms with Crippen LogP contribution in [0.25, 0.3) is 11.3 Å². The Hall–Kier alpha value is -3.25. The molecule has 0 saturated carbocycles. The molecule has 3 fully saturated rings. The summed E-state index contributed by atoms with van der Waals surface area (Å²) in [6.45, 7) is 6.98. The molecule has 0 spiro atoms. The number of anilines is 5. The number of nitrogens with zero attached hydrogens (tertiary/aromatic N) is 7. The molecule has 0 unspecified atom stereocenters. The summed E-state index contributed by atoms with van der Waals surface area (Å²) >= 11 is 2.57. The minimum absolute atomic E-state index is 0.00656. The third-order valence-corrected chi connectivity index (χ3v) is 8.92. The van der Waals surface area contributed by atoms with E-state index in [-0.39, 0.29) is 5.24 Å². The lowest BCUT2D eigenvalue weighted by Crippen LogP contribution is -2.48. The van der Waals surface area contributed by atoms with Gasteiger partial charge in [0.1, 0.15) is 11.6 Å². The smallest absolute Gasteiger partial charge is 0.302 e. The number of nitrogens with two attached hydrogens (primary N) is 1. The van der Waals surface area contributed by atoms with Crippen LogP contribution >= 0.6 is 23.3 Å². The lowest BCUT2D eigenvalue weighted by atomic mass is 10.2. The van der Waals surface area contributed by atoms with Crippen LogP contribution in [0.15, 0.2) is 35.7 Å². The maximum Gasteiger partial charge on any atom is 0.302 e. The second-order valence-corrected chi connectivity index (χ2v) is 11.5. The highest BCUT2D eigenvalue weighted by atomic mass is 32.2. The summed E-state index contributed by atoms with van der Waals surface area (Å²) in [4.78, 5) is 36.3. The number of hydrogen-bond acceptors (Lipinski definition) is 11.